The molecule has 3 aromatic carbocycles. The van der Waals surface area contributed by atoms with Crippen molar-refractivity contribution in [2.45, 2.75) is 19.5 Å². The lowest BCUT2D eigenvalue weighted by molar-refractivity contribution is -0.118. The topological polar surface area (TPSA) is 83.6 Å². The zero-order valence-electron chi connectivity index (χ0n) is 20.4. The number of rotatable bonds is 8. The first-order valence-electron chi connectivity index (χ1n) is 12.3. The van der Waals surface area contributed by atoms with E-state index in [0.29, 0.717) is 23.5 Å². The molecule has 0 aliphatic carbocycles. The van der Waals surface area contributed by atoms with E-state index >= 15 is 0 Å². The lowest BCUT2D eigenvalue weighted by Gasteiger charge is -2.32. The highest BCUT2D eigenvalue weighted by Crippen LogP contribution is 2.29. The number of amides is 2. The third-order valence-corrected chi connectivity index (χ3v) is 6.29. The molecule has 0 atom stereocenters. The van der Waals surface area contributed by atoms with Gasteiger partial charge in [0.25, 0.3) is 11.8 Å². The number of hydrogen-bond donors (Lipinski definition) is 2. The maximum Gasteiger partial charge on any atom is 0.262 e. The summed E-state index contributed by atoms with van der Waals surface area (Å²) in [5.41, 5.74) is 5.37. The highest BCUT2D eigenvalue weighted by atomic mass is 16.5. The van der Waals surface area contributed by atoms with Crippen LogP contribution in [0.4, 0.5) is 11.4 Å². The second-order valence-electron chi connectivity index (χ2n) is 8.87. The first kappa shape index (κ1) is 24.1. The number of fused-ring (bicyclic) bond motifs is 1. The van der Waals surface area contributed by atoms with Crippen LogP contribution in [0.25, 0.3) is 0 Å². The average Bonchev–Trinajstić information content (AvgIpc) is 2.95. The van der Waals surface area contributed by atoms with Crippen molar-refractivity contribution < 1.29 is 14.3 Å². The Kier molecular flexibility index (Phi) is 7.41. The van der Waals surface area contributed by atoms with Gasteiger partial charge in [-0.2, -0.15) is 0 Å². The number of para-hydroxylation sites is 1. The highest BCUT2D eigenvalue weighted by Gasteiger charge is 2.22. The summed E-state index contributed by atoms with van der Waals surface area (Å²) >= 11 is 0. The summed E-state index contributed by atoms with van der Waals surface area (Å²) in [6.07, 6.45) is 4.33. The van der Waals surface area contributed by atoms with Crippen molar-refractivity contribution in [1.82, 2.24) is 10.3 Å². The molecule has 0 saturated heterocycles. The SMILES string of the molecule is O=C(COc1ccccc1)Nc1ccc(N2CCc3ccccc3C2)c(C(=O)NCc2cccnc2)c1. The van der Waals surface area contributed by atoms with Gasteiger partial charge in [-0.25, -0.2) is 0 Å². The molecule has 0 radical (unpaired) electrons. The molecule has 0 fully saturated rings. The molecule has 0 saturated carbocycles. The minimum Gasteiger partial charge on any atom is -0.484 e. The molecule has 2 amide bonds. The molecule has 4 aromatic rings. The molecule has 1 aromatic heterocycles. The van der Waals surface area contributed by atoms with Gasteiger partial charge >= 0.3 is 0 Å². The summed E-state index contributed by atoms with van der Waals surface area (Å²) in [5, 5.41) is 5.85. The van der Waals surface area contributed by atoms with Crippen molar-refractivity contribution in [3.05, 3.63) is 120 Å². The number of benzene rings is 3. The lowest BCUT2D eigenvalue weighted by atomic mass is 9.98. The molecule has 2 N–H and O–H groups in total. The van der Waals surface area contributed by atoms with Gasteiger partial charge in [0, 0.05) is 43.4 Å². The second-order valence-corrected chi connectivity index (χ2v) is 8.87. The van der Waals surface area contributed by atoms with Crippen LogP contribution in [0.2, 0.25) is 0 Å². The second kappa shape index (κ2) is 11.4. The quantitative estimate of drug-likeness (QED) is 0.376. The Labute approximate surface area is 216 Å². The molecule has 37 heavy (non-hydrogen) atoms. The van der Waals surface area contributed by atoms with Crippen molar-refractivity contribution in [2.24, 2.45) is 0 Å². The standard InChI is InChI=1S/C30H28N4O3/c35-29(21-37-26-10-2-1-3-11-26)33-25-12-13-28(34-16-14-23-8-4-5-9-24(23)20-34)27(17-25)30(36)32-19-22-7-6-15-31-18-22/h1-13,15,17-18H,14,16,19-21H2,(H,32,36)(H,33,35). The van der Waals surface area contributed by atoms with Gasteiger partial charge in [-0.3, -0.25) is 14.6 Å². The van der Waals surface area contributed by atoms with Crippen LogP contribution in [0.1, 0.15) is 27.0 Å². The fourth-order valence-electron chi connectivity index (χ4n) is 4.42. The molecular formula is C30H28N4O3. The molecular weight excluding hydrogens is 464 g/mol. The van der Waals surface area contributed by atoms with E-state index in [2.05, 4.69) is 38.7 Å². The number of hydrogen-bond acceptors (Lipinski definition) is 5. The Bertz CT molecular complexity index is 1380. The fraction of sp³-hybridized carbons (Fsp3) is 0.167. The van der Waals surface area contributed by atoms with E-state index < -0.39 is 0 Å². The van der Waals surface area contributed by atoms with E-state index in [1.165, 1.54) is 11.1 Å². The lowest BCUT2D eigenvalue weighted by Crippen LogP contribution is -2.33. The summed E-state index contributed by atoms with van der Waals surface area (Å²) in [4.78, 5) is 32.3. The number of nitrogens with zero attached hydrogens (tertiary/aromatic N) is 2. The maximum atomic E-state index is 13.4. The molecule has 7 heteroatoms. The van der Waals surface area contributed by atoms with Crippen LogP contribution < -0.4 is 20.3 Å². The molecule has 1 aliphatic heterocycles. The van der Waals surface area contributed by atoms with Crippen LogP contribution in [-0.2, 0) is 24.3 Å². The summed E-state index contributed by atoms with van der Waals surface area (Å²) in [5.74, 6) is 0.105. The predicted molar refractivity (Wildman–Crippen MR) is 144 cm³/mol. The van der Waals surface area contributed by atoms with Gasteiger partial charge in [0.15, 0.2) is 6.61 Å². The smallest absolute Gasteiger partial charge is 0.262 e. The predicted octanol–water partition coefficient (Wildman–Crippen LogP) is 4.59. The van der Waals surface area contributed by atoms with E-state index in [9.17, 15) is 9.59 Å². The van der Waals surface area contributed by atoms with E-state index in [1.54, 1.807) is 30.6 Å². The molecule has 1 aliphatic rings. The van der Waals surface area contributed by atoms with Crippen molar-refractivity contribution in [3.63, 3.8) is 0 Å². The third-order valence-electron chi connectivity index (χ3n) is 6.29. The fourth-order valence-corrected chi connectivity index (χ4v) is 4.42. The van der Waals surface area contributed by atoms with Crippen LogP contribution in [0.5, 0.6) is 5.75 Å². The Balaban J connectivity index is 1.34. The number of carbonyl (C=O) groups is 2. The Morgan fingerprint density at radius 1 is 0.919 bits per heavy atom. The molecule has 2 heterocycles. The van der Waals surface area contributed by atoms with Crippen LogP contribution in [-0.4, -0.2) is 29.9 Å². The van der Waals surface area contributed by atoms with Crippen LogP contribution >= 0.6 is 0 Å². The molecule has 0 spiro atoms. The highest BCUT2D eigenvalue weighted by molar-refractivity contribution is 6.02. The molecule has 0 unspecified atom stereocenters. The summed E-state index contributed by atoms with van der Waals surface area (Å²) in [6.45, 7) is 1.75. The normalized spacial score (nSPS) is 12.4. The van der Waals surface area contributed by atoms with E-state index in [1.807, 2.05) is 48.5 Å². The van der Waals surface area contributed by atoms with Gasteiger partial charge in [-0.05, 0) is 59.5 Å². The third kappa shape index (κ3) is 6.13. The van der Waals surface area contributed by atoms with Crippen molar-refractivity contribution in [2.75, 3.05) is 23.4 Å². The van der Waals surface area contributed by atoms with Crippen molar-refractivity contribution in [3.8, 4) is 5.75 Å². The van der Waals surface area contributed by atoms with E-state index in [4.69, 9.17) is 4.74 Å². The van der Waals surface area contributed by atoms with E-state index in [-0.39, 0.29) is 18.4 Å². The van der Waals surface area contributed by atoms with Gasteiger partial charge in [-0.1, -0.05) is 48.5 Å². The number of ether oxygens (including phenoxy) is 1. The zero-order valence-corrected chi connectivity index (χ0v) is 20.4. The van der Waals surface area contributed by atoms with Crippen molar-refractivity contribution in [1.29, 1.82) is 0 Å². The number of pyridine rings is 1. The van der Waals surface area contributed by atoms with Gasteiger partial charge in [0.1, 0.15) is 5.75 Å². The first-order valence-corrected chi connectivity index (χ1v) is 12.3. The first-order chi connectivity index (χ1) is 18.2. The summed E-state index contributed by atoms with van der Waals surface area (Å²) in [7, 11) is 0. The zero-order chi connectivity index (χ0) is 25.5. The minimum atomic E-state index is -0.301. The average molecular weight is 493 g/mol. The number of carbonyl (C=O) groups excluding carboxylic acids is 2. The van der Waals surface area contributed by atoms with Gasteiger partial charge < -0.3 is 20.3 Å². The Morgan fingerprint density at radius 2 is 1.73 bits per heavy atom. The molecule has 5 rings (SSSR count). The van der Waals surface area contributed by atoms with Gasteiger partial charge in [-0.15, -0.1) is 0 Å². The van der Waals surface area contributed by atoms with Gasteiger partial charge in [0.2, 0.25) is 0 Å². The molecule has 186 valence electrons. The number of aromatic nitrogens is 1. The molecule has 0 bridgehead atoms. The number of nitrogens with one attached hydrogen (secondary N) is 2. The largest absolute Gasteiger partial charge is 0.484 e. The van der Waals surface area contributed by atoms with Crippen molar-refractivity contribution >= 4 is 23.2 Å². The maximum absolute atomic E-state index is 13.4. The number of anilines is 2. The minimum absolute atomic E-state index is 0.128. The summed E-state index contributed by atoms with van der Waals surface area (Å²) in [6, 6.07) is 26.8. The Hall–Kier alpha value is -4.65. The molecule has 7 nitrogen and oxygen atoms in total. The Morgan fingerprint density at radius 3 is 2.54 bits per heavy atom. The van der Waals surface area contributed by atoms with E-state index in [0.717, 1.165) is 30.8 Å². The van der Waals surface area contributed by atoms with Crippen LogP contribution in [0.3, 0.4) is 0 Å². The van der Waals surface area contributed by atoms with Gasteiger partial charge in [0.05, 0.1) is 5.56 Å². The monoisotopic (exact) mass is 492 g/mol. The summed E-state index contributed by atoms with van der Waals surface area (Å²) < 4.78 is 5.55. The van der Waals surface area contributed by atoms with Crippen LogP contribution in [0, 0.1) is 0 Å². The van der Waals surface area contributed by atoms with Crippen LogP contribution in [0.15, 0.2) is 97.3 Å².